The number of carbonyl (C=O) groups excluding carboxylic acids is 1. The lowest BCUT2D eigenvalue weighted by Gasteiger charge is -2.27. The highest BCUT2D eigenvalue weighted by atomic mass is 35.5. The molecule has 1 heterocycles. The van der Waals surface area contributed by atoms with Gasteiger partial charge in [0.15, 0.2) is 0 Å². The van der Waals surface area contributed by atoms with E-state index >= 15 is 0 Å². The Morgan fingerprint density at radius 3 is 2.91 bits per heavy atom. The van der Waals surface area contributed by atoms with E-state index in [1.165, 1.54) is 11.1 Å². The Labute approximate surface area is 142 Å². The molecular formula is C17H23ClN4O. The third kappa shape index (κ3) is 3.41. The van der Waals surface area contributed by atoms with Crippen LogP contribution in [0.3, 0.4) is 0 Å². The van der Waals surface area contributed by atoms with Crippen molar-refractivity contribution in [2.45, 2.75) is 45.2 Å². The Morgan fingerprint density at radius 2 is 2.17 bits per heavy atom. The predicted molar refractivity (Wildman–Crippen MR) is 94.0 cm³/mol. The topological polar surface area (TPSA) is 72.9 Å². The zero-order chi connectivity index (χ0) is 15.7. The molecule has 2 aromatic rings. The number of rotatable bonds is 3. The minimum atomic E-state index is -0.540. The van der Waals surface area contributed by atoms with Crippen LogP contribution in [0, 0.1) is 6.92 Å². The molecule has 0 saturated carbocycles. The van der Waals surface area contributed by atoms with Gasteiger partial charge in [0.1, 0.15) is 5.82 Å². The summed E-state index contributed by atoms with van der Waals surface area (Å²) < 4.78 is 1.94. The van der Waals surface area contributed by atoms with Crippen LogP contribution in [0.25, 0.3) is 0 Å². The van der Waals surface area contributed by atoms with Crippen LogP contribution in [0.15, 0.2) is 30.5 Å². The first-order valence-electron chi connectivity index (χ1n) is 7.76. The van der Waals surface area contributed by atoms with Crippen LogP contribution < -0.4 is 11.1 Å². The van der Waals surface area contributed by atoms with Crippen molar-refractivity contribution in [1.82, 2.24) is 9.78 Å². The number of aromatic nitrogens is 2. The molecule has 23 heavy (non-hydrogen) atoms. The van der Waals surface area contributed by atoms with E-state index in [9.17, 15) is 4.79 Å². The van der Waals surface area contributed by atoms with Gasteiger partial charge in [-0.15, -0.1) is 12.4 Å². The second kappa shape index (κ2) is 7.15. The van der Waals surface area contributed by atoms with Gasteiger partial charge >= 0.3 is 0 Å². The number of carbonyl (C=O) groups is 1. The molecule has 0 spiro atoms. The molecular weight excluding hydrogens is 312 g/mol. The Morgan fingerprint density at radius 1 is 1.43 bits per heavy atom. The zero-order valence-electron chi connectivity index (χ0n) is 13.5. The largest absolute Gasteiger partial charge is 0.320 e. The number of aryl methyl sites for hydroxylation is 2. The second-order valence-corrected chi connectivity index (χ2v) is 6.01. The predicted octanol–water partition coefficient (Wildman–Crippen LogP) is 2.82. The number of nitrogens with zero attached hydrogens (tertiary/aromatic N) is 2. The van der Waals surface area contributed by atoms with Crippen LogP contribution in [0.5, 0.6) is 0 Å². The minimum absolute atomic E-state index is 0. The van der Waals surface area contributed by atoms with Crippen molar-refractivity contribution in [3.05, 3.63) is 47.2 Å². The molecule has 0 bridgehead atoms. The van der Waals surface area contributed by atoms with Crippen molar-refractivity contribution in [3.8, 4) is 0 Å². The van der Waals surface area contributed by atoms with E-state index in [0.717, 1.165) is 30.6 Å². The summed E-state index contributed by atoms with van der Waals surface area (Å²) in [5, 5.41) is 7.43. The molecule has 0 radical (unpaired) electrons. The molecule has 6 heteroatoms. The number of nitrogens with one attached hydrogen (secondary N) is 1. The summed E-state index contributed by atoms with van der Waals surface area (Å²) in [6.07, 6.45) is 5.06. The van der Waals surface area contributed by atoms with E-state index < -0.39 is 6.04 Å². The third-order valence-electron chi connectivity index (χ3n) is 4.27. The summed E-state index contributed by atoms with van der Waals surface area (Å²) in [5.74, 6) is 0.568. The quantitative estimate of drug-likeness (QED) is 0.906. The molecule has 2 atom stereocenters. The Hall–Kier alpha value is -1.85. The Balaban J connectivity index is 0.00000192. The van der Waals surface area contributed by atoms with E-state index in [2.05, 4.69) is 34.7 Å². The maximum Gasteiger partial charge on any atom is 0.242 e. The molecule has 0 aliphatic heterocycles. The van der Waals surface area contributed by atoms with Gasteiger partial charge in [0.25, 0.3) is 0 Å². The highest BCUT2D eigenvalue weighted by Gasteiger charge is 2.25. The first-order chi connectivity index (χ1) is 10.6. The molecule has 1 aliphatic rings. The lowest BCUT2D eigenvalue weighted by molar-refractivity contribution is -0.117. The highest BCUT2D eigenvalue weighted by Crippen LogP contribution is 2.35. The average Bonchev–Trinajstić information content (AvgIpc) is 2.87. The number of benzene rings is 1. The van der Waals surface area contributed by atoms with Gasteiger partial charge in [-0.1, -0.05) is 24.3 Å². The molecule has 124 valence electrons. The Kier molecular flexibility index (Phi) is 5.44. The van der Waals surface area contributed by atoms with Crippen LogP contribution in [0.1, 0.15) is 42.5 Å². The molecule has 3 rings (SSSR count). The molecule has 1 unspecified atom stereocenters. The monoisotopic (exact) mass is 334 g/mol. The van der Waals surface area contributed by atoms with Gasteiger partial charge in [0, 0.05) is 5.56 Å². The lowest BCUT2D eigenvalue weighted by Crippen LogP contribution is -2.34. The van der Waals surface area contributed by atoms with Gasteiger partial charge in [-0.3, -0.25) is 4.79 Å². The number of fused-ring (bicyclic) bond motifs is 1. The van der Waals surface area contributed by atoms with E-state index in [4.69, 9.17) is 5.73 Å². The summed E-state index contributed by atoms with van der Waals surface area (Å²) in [6, 6.07) is 8.11. The molecule has 1 amide bonds. The van der Waals surface area contributed by atoms with Crippen molar-refractivity contribution >= 4 is 24.1 Å². The molecule has 0 saturated heterocycles. The third-order valence-corrected chi connectivity index (χ3v) is 4.27. The molecule has 0 fully saturated rings. The second-order valence-electron chi connectivity index (χ2n) is 6.01. The average molecular weight is 335 g/mol. The summed E-state index contributed by atoms with van der Waals surface area (Å²) in [7, 11) is 0. The minimum Gasteiger partial charge on any atom is -0.320 e. The van der Waals surface area contributed by atoms with Crippen molar-refractivity contribution in [2.75, 3.05) is 5.32 Å². The SMILES string of the molecule is Cc1cnn(C2CCCc3ccccc32)c1NC(=O)[C@H](C)N.Cl. The van der Waals surface area contributed by atoms with Crippen LogP contribution in [-0.2, 0) is 11.2 Å². The molecule has 1 aliphatic carbocycles. The van der Waals surface area contributed by atoms with Crippen molar-refractivity contribution < 1.29 is 4.79 Å². The van der Waals surface area contributed by atoms with Crippen LogP contribution in [-0.4, -0.2) is 21.7 Å². The van der Waals surface area contributed by atoms with Crippen molar-refractivity contribution in [1.29, 1.82) is 0 Å². The fourth-order valence-electron chi connectivity index (χ4n) is 3.05. The van der Waals surface area contributed by atoms with Gasteiger partial charge < -0.3 is 11.1 Å². The Bertz CT molecular complexity index is 696. The van der Waals surface area contributed by atoms with Gasteiger partial charge in [-0.05, 0) is 44.2 Å². The van der Waals surface area contributed by atoms with Gasteiger partial charge in [-0.2, -0.15) is 5.10 Å². The normalized spacial score (nSPS) is 17.8. The fourth-order valence-corrected chi connectivity index (χ4v) is 3.05. The summed E-state index contributed by atoms with van der Waals surface area (Å²) >= 11 is 0. The first-order valence-corrected chi connectivity index (χ1v) is 7.76. The number of halogens is 1. The summed E-state index contributed by atoms with van der Waals surface area (Å²) in [4.78, 5) is 12.0. The fraction of sp³-hybridized carbons (Fsp3) is 0.412. The van der Waals surface area contributed by atoms with Crippen LogP contribution in [0.2, 0.25) is 0 Å². The zero-order valence-corrected chi connectivity index (χ0v) is 14.3. The molecule has 1 aromatic carbocycles. The van der Waals surface area contributed by atoms with Gasteiger partial charge in [0.2, 0.25) is 5.91 Å². The van der Waals surface area contributed by atoms with Crippen molar-refractivity contribution in [3.63, 3.8) is 0 Å². The van der Waals surface area contributed by atoms with Crippen LogP contribution in [0.4, 0.5) is 5.82 Å². The van der Waals surface area contributed by atoms with E-state index in [-0.39, 0.29) is 24.4 Å². The number of hydrogen-bond acceptors (Lipinski definition) is 3. The first kappa shape index (κ1) is 17.5. The standard InChI is InChI=1S/C17H22N4O.ClH/c1-11-10-19-21(16(11)20-17(22)12(2)18)15-9-5-7-13-6-3-4-8-14(13)15;/h3-4,6,8,10,12,15H,5,7,9,18H2,1-2H3,(H,20,22);1H/t12-,15?;/m0./s1. The van der Waals surface area contributed by atoms with E-state index in [1.54, 1.807) is 13.1 Å². The highest BCUT2D eigenvalue weighted by molar-refractivity contribution is 5.94. The molecule has 1 aromatic heterocycles. The lowest BCUT2D eigenvalue weighted by atomic mass is 9.88. The number of hydrogen-bond donors (Lipinski definition) is 2. The summed E-state index contributed by atoms with van der Waals surface area (Å²) in [6.45, 7) is 3.64. The van der Waals surface area contributed by atoms with Gasteiger partial charge in [-0.25, -0.2) is 4.68 Å². The number of anilines is 1. The maximum atomic E-state index is 12.0. The number of nitrogens with two attached hydrogens (primary N) is 1. The van der Waals surface area contributed by atoms with Crippen LogP contribution >= 0.6 is 12.4 Å². The maximum absolute atomic E-state index is 12.0. The molecule has 5 nitrogen and oxygen atoms in total. The molecule has 3 N–H and O–H groups in total. The van der Waals surface area contributed by atoms with E-state index in [1.807, 2.05) is 11.6 Å². The number of amides is 1. The van der Waals surface area contributed by atoms with Gasteiger partial charge in [0.05, 0.1) is 18.3 Å². The van der Waals surface area contributed by atoms with Crippen molar-refractivity contribution in [2.24, 2.45) is 5.73 Å². The van der Waals surface area contributed by atoms with E-state index in [0.29, 0.717) is 0 Å². The smallest absolute Gasteiger partial charge is 0.242 e. The summed E-state index contributed by atoms with van der Waals surface area (Å²) in [5.41, 5.74) is 9.29.